The summed E-state index contributed by atoms with van der Waals surface area (Å²) in [6.45, 7) is 0. The number of fused-ring (bicyclic) bond motifs is 1. The highest BCUT2D eigenvalue weighted by atomic mass is 16.5. The molecule has 1 aliphatic heterocycles. The zero-order chi connectivity index (χ0) is 26.6. The first kappa shape index (κ1) is 25.4. The highest BCUT2D eigenvalue weighted by Crippen LogP contribution is 2.47. The Balaban J connectivity index is 1.96. The highest BCUT2D eigenvalue weighted by Gasteiger charge is 2.54. The zero-order valence-electron chi connectivity index (χ0n) is 20.0. The number of carbonyl (C=O) groups is 3. The average molecular weight is 504 g/mol. The number of hydrogen-bond acceptors (Lipinski definition) is 8. The lowest BCUT2D eigenvalue weighted by Gasteiger charge is -2.33. The van der Waals surface area contributed by atoms with Crippen LogP contribution in [0.4, 0.5) is 5.69 Å². The van der Waals surface area contributed by atoms with E-state index in [0.29, 0.717) is 33.9 Å². The minimum Gasteiger partial charge on any atom is -0.497 e. The topological polar surface area (TPSA) is 164 Å². The first-order valence-corrected chi connectivity index (χ1v) is 11.1. The Kier molecular flexibility index (Phi) is 7.18. The molecule has 1 aliphatic rings. The summed E-state index contributed by atoms with van der Waals surface area (Å²) in [7, 11) is 3.03. The molecule has 0 saturated heterocycles. The SMILES string of the molecule is COc1ccc(/C(=N\NC(=O)C(=O)NN)[C@H](c2ccc(OC)cc2)[C@@]2(O)C(=O)Nc3ccccc32)cc1. The van der Waals surface area contributed by atoms with Crippen molar-refractivity contribution in [3.05, 3.63) is 89.5 Å². The van der Waals surface area contributed by atoms with E-state index in [4.69, 9.17) is 15.3 Å². The second-order valence-corrected chi connectivity index (χ2v) is 8.11. The molecule has 0 saturated carbocycles. The van der Waals surface area contributed by atoms with E-state index < -0.39 is 29.2 Å². The van der Waals surface area contributed by atoms with Crippen LogP contribution < -0.4 is 31.5 Å². The summed E-state index contributed by atoms with van der Waals surface area (Å²) in [4.78, 5) is 37.3. The number of anilines is 1. The largest absolute Gasteiger partial charge is 0.497 e. The Labute approximate surface area is 212 Å². The number of nitrogens with zero attached hydrogens (tertiary/aromatic N) is 1. The maximum absolute atomic E-state index is 13.4. The van der Waals surface area contributed by atoms with Crippen LogP contribution in [0.5, 0.6) is 11.5 Å². The molecule has 1 heterocycles. The van der Waals surface area contributed by atoms with Gasteiger partial charge in [-0.1, -0.05) is 30.3 Å². The van der Waals surface area contributed by atoms with Crippen LogP contribution in [0.25, 0.3) is 0 Å². The van der Waals surface area contributed by atoms with Crippen molar-refractivity contribution in [1.29, 1.82) is 0 Å². The summed E-state index contributed by atoms with van der Waals surface area (Å²) in [6, 6.07) is 20.1. The fraction of sp³-hybridized carbons (Fsp3) is 0.154. The number of rotatable bonds is 7. The lowest BCUT2D eigenvalue weighted by atomic mass is 9.73. The fourth-order valence-corrected chi connectivity index (χ4v) is 4.23. The number of nitrogens with one attached hydrogen (secondary N) is 3. The molecule has 0 fully saturated rings. The van der Waals surface area contributed by atoms with Gasteiger partial charge in [0.1, 0.15) is 11.5 Å². The molecule has 3 aromatic rings. The minimum absolute atomic E-state index is 0.0975. The Morgan fingerprint density at radius 3 is 2.14 bits per heavy atom. The number of nitrogens with two attached hydrogens (primary N) is 1. The van der Waals surface area contributed by atoms with Crippen molar-refractivity contribution in [3.8, 4) is 11.5 Å². The molecule has 3 amide bonds. The molecule has 0 bridgehead atoms. The normalized spacial score (nSPS) is 17.3. The highest BCUT2D eigenvalue weighted by molar-refractivity contribution is 6.35. The molecule has 3 aromatic carbocycles. The fourth-order valence-electron chi connectivity index (χ4n) is 4.23. The molecule has 11 nitrogen and oxygen atoms in total. The van der Waals surface area contributed by atoms with E-state index in [1.165, 1.54) is 14.2 Å². The number of hydrogen-bond donors (Lipinski definition) is 5. The van der Waals surface area contributed by atoms with Gasteiger partial charge in [0.05, 0.1) is 25.8 Å². The van der Waals surface area contributed by atoms with Crippen molar-refractivity contribution in [2.45, 2.75) is 11.5 Å². The van der Waals surface area contributed by atoms with Crippen LogP contribution in [-0.4, -0.2) is 42.8 Å². The third-order valence-corrected chi connectivity index (χ3v) is 6.07. The summed E-state index contributed by atoms with van der Waals surface area (Å²) in [6.07, 6.45) is 0. The monoisotopic (exact) mass is 503 g/mol. The minimum atomic E-state index is -2.13. The van der Waals surface area contributed by atoms with Crippen molar-refractivity contribution in [2.75, 3.05) is 19.5 Å². The average Bonchev–Trinajstić information content (AvgIpc) is 3.20. The number of hydrazine groups is 1. The van der Waals surface area contributed by atoms with Gasteiger partial charge in [0.25, 0.3) is 5.91 Å². The van der Waals surface area contributed by atoms with E-state index in [1.54, 1.807) is 78.2 Å². The lowest BCUT2D eigenvalue weighted by Crippen LogP contribution is -2.45. The first-order chi connectivity index (χ1) is 17.8. The molecule has 6 N–H and O–H groups in total. The molecule has 0 spiro atoms. The molecule has 0 radical (unpaired) electrons. The van der Waals surface area contributed by atoms with E-state index in [0.717, 1.165) is 0 Å². The molecule has 0 unspecified atom stereocenters. The van der Waals surface area contributed by atoms with E-state index in [2.05, 4.69) is 15.8 Å². The smallest absolute Gasteiger partial charge is 0.330 e. The third-order valence-electron chi connectivity index (χ3n) is 6.07. The number of ether oxygens (including phenoxy) is 2. The quantitative estimate of drug-likeness (QED) is 0.106. The predicted octanol–water partition coefficient (Wildman–Crippen LogP) is 1.14. The van der Waals surface area contributed by atoms with E-state index in [-0.39, 0.29) is 5.71 Å². The van der Waals surface area contributed by atoms with Crippen molar-refractivity contribution in [3.63, 3.8) is 0 Å². The molecule has 0 aliphatic carbocycles. The standard InChI is InChI=1S/C26H25N5O6/c1-36-17-11-7-15(8-12-17)21(26(35)19-5-3-4-6-20(19)28-25(26)34)22(30-31-24(33)23(32)29-27)16-9-13-18(37-2)14-10-16/h3-14,21,35H,27H2,1-2H3,(H,28,34)(H,29,32)(H,31,33)/b30-22+/t21-,26+/m0/s1. The van der Waals surface area contributed by atoms with Gasteiger partial charge in [0.15, 0.2) is 5.60 Å². The van der Waals surface area contributed by atoms with Gasteiger partial charge in [-0.15, -0.1) is 0 Å². The maximum atomic E-state index is 13.4. The van der Waals surface area contributed by atoms with Crippen LogP contribution in [0, 0.1) is 0 Å². The van der Waals surface area contributed by atoms with Crippen molar-refractivity contribution < 1.29 is 29.0 Å². The number of carbonyl (C=O) groups excluding carboxylic acids is 3. The van der Waals surface area contributed by atoms with Crippen LogP contribution in [-0.2, 0) is 20.0 Å². The van der Waals surface area contributed by atoms with Crippen LogP contribution >= 0.6 is 0 Å². The van der Waals surface area contributed by atoms with Crippen LogP contribution in [0.1, 0.15) is 22.6 Å². The molecule has 0 aromatic heterocycles. The summed E-state index contributed by atoms with van der Waals surface area (Å²) in [5, 5.41) is 19.1. The molecule has 11 heteroatoms. The number of benzene rings is 3. The molecule has 2 atom stereocenters. The van der Waals surface area contributed by atoms with Gasteiger partial charge in [-0.05, 0) is 53.6 Å². The molecule has 190 valence electrons. The van der Waals surface area contributed by atoms with E-state index in [9.17, 15) is 19.5 Å². The molecular formula is C26H25N5O6. The lowest BCUT2D eigenvalue weighted by molar-refractivity contribution is -0.139. The van der Waals surface area contributed by atoms with Crippen molar-refractivity contribution in [1.82, 2.24) is 10.9 Å². The maximum Gasteiger partial charge on any atom is 0.330 e. The predicted molar refractivity (Wildman–Crippen MR) is 135 cm³/mol. The van der Waals surface area contributed by atoms with E-state index in [1.807, 2.05) is 0 Å². The molecule has 37 heavy (non-hydrogen) atoms. The molecule has 4 rings (SSSR count). The second-order valence-electron chi connectivity index (χ2n) is 8.11. The van der Waals surface area contributed by atoms with Gasteiger partial charge in [0, 0.05) is 11.3 Å². The number of hydrazone groups is 1. The second kappa shape index (κ2) is 10.5. The van der Waals surface area contributed by atoms with Gasteiger partial charge >= 0.3 is 11.8 Å². The van der Waals surface area contributed by atoms with Crippen LogP contribution in [0.15, 0.2) is 77.9 Å². The Morgan fingerprint density at radius 2 is 1.54 bits per heavy atom. The van der Waals surface area contributed by atoms with Gasteiger partial charge in [-0.25, -0.2) is 11.3 Å². The van der Waals surface area contributed by atoms with Crippen LogP contribution in [0.2, 0.25) is 0 Å². The summed E-state index contributed by atoms with van der Waals surface area (Å²) >= 11 is 0. The summed E-state index contributed by atoms with van der Waals surface area (Å²) in [5.41, 5.74) is 3.57. The Morgan fingerprint density at radius 1 is 0.946 bits per heavy atom. The zero-order valence-corrected chi connectivity index (χ0v) is 20.0. The number of amides is 3. The number of para-hydroxylation sites is 1. The van der Waals surface area contributed by atoms with Gasteiger partial charge in [-0.3, -0.25) is 19.8 Å². The van der Waals surface area contributed by atoms with Gasteiger partial charge in [-0.2, -0.15) is 5.10 Å². The van der Waals surface area contributed by atoms with Crippen LogP contribution in [0.3, 0.4) is 0 Å². The number of methoxy groups -OCH3 is 2. The third kappa shape index (κ3) is 4.73. The van der Waals surface area contributed by atoms with Crippen molar-refractivity contribution >= 4 is 29.1 Å². The summed E-state index contributed by atoms with van der Waals surface area (Å²) < 4.78 is 10.5. The first-order valence-electron chi connectivity index (χ1n) is 11.1. The van der Waals surface area contributed by atoms with Gasteiger partial charge in [0.2, 0.25) is 0 Å². The van der Waals surface area contributed by atoms with Crippen molar-refractivity contribution in [2.24, 2.45) is 10.9 Å². The summed E-state index contributed by atoms with van der Waals surface area (Å²) in [5.74, 6) is 2.10. The van der Waals surface area contributed by atoms with Gasteiger partial charge < -0.3 is 19.9 Å². The van der Waals surface area contributed by atoms with E-state index >= 15 is 0 Å². The Bertz CT molecular complexity index is 1360. The molecular weight excluding hydrogens is 478 g/mol. The Hall–Kier alpha value is -4.74. The number of aliphatic hydroxyl groups is 1.